The first-order valence-electron chi connectivity index (χ1n) is 7.35. The Balaban J connectivity index is 1.69. The molecule has 3 heteroatoms. The number of nitrogen functional groups attached to an aromatic ring is 1. The quantitative estimate of drug-likeness (QED) is 0.824. The van der Waals surface area contributed by atoms with Gasteiger partial charge in [-0.3, -0.25) is 0 Å². The summed E-state index contributed by atoms with van der Waals surface area (Å²) in [4.78, 5) is 4.91. The summed E-state index contributed by atoms with van der Waals surface area (Å²) in [7, 11) is 4.47. The number of hydrogen-bond donors (Lipinski definition) is 1. The first-order chi connectivity index (χ1) is 9.13. The fourth-order valence-electron chi connectivity index (χ4n) is 2.78. The maximum absolute atomic E-state index is 5.70. The van der Waals surface area contributed by atoms with Crippen molar-refractivity contribution in [2.45, 2.75) is 19.3 Å². The predicted molar refractivity (Wildman–Crippen MR) is 82.3 cm³/mol. The Morgan fingerprint density at radius 3 is 2.47 bits per heavy atom. The van der Waals surface area contributed by atoms with Crippen molar-refractivity contribution >= 4 is 5.69 Å². The van der Waals surface area contributed by atoms with Gasteiger partial charge in [0.2, 0.25) is 0 Å². The van der Waals surface area contributed by atoms with Crippen LogP contribution in [0.1, 0.15) is 18.4 Å². The van der Waals surface area contributed by atoms with Gasteiger partial charge in [-0.05, 0) is 70.1 Å². The molecule has 0 radical (unpaired) electrons. The molecule has 0 unspecified atom stereocenters. The monoisotopic (exact) mass is 261 g/mol. The summed E-state index contributed by atoms with van der Waals surface area (Å²) in [6, 6.07) is 8.26. The molecule has 1 aliphatic rings. The van der Waals surface area contributed by atoms with Gasteiger partial charge in [-0.1, -0.05) is 12.1 Å². The Morgan fingerprint density at radius 1 is 1.21 bits per heavy atom. The molecule has 0 saturated carbocycles. The summed E-state index contributed by atoms with van der Waals surface area (Å²) in [5.41, 5.74) is 7.93. The lowest BCUT2D eigenvalue weighted by Gasteiger charge is -2.31. The van der Waals surface area contributed by atoms with Gasteiger partial charge in [0.15, 0.2) is 0 Å². The summed E-state index contributed by atoms with van der Waals surface area (Å²) < 4.78 is 0. The zero-order valence-corrected chi connectivity index (χ0v) is 12.3. The molecule has 106 valence electrons. The minimum absolute atomic E-state index is 0.850. The van der Waals surface area contributed by atoms with Crippen LogP contribution < -0.4 is 5.73 Å². The van der Waals surface area contributed by atoms with Crippen LogP contribution in [0.15, 0.2) is 24.3 Å². The third-order valence-corrected chi connectivity index (χ3v) is 4.17. The highest BCUT2D eigenvalue weighted by Crippen LogP contribution is 2.17. The van der Waals surface area contributed by atoms with E-state index >= 15 is 0 Å². The smallest absolute Gasteiger partial charge is 0.0314 e. The summed E-state index contributed by atoms with van der Waals surface area (Å²) >= 11 is 0. The molecule has 1 aromatic rings. The van der Waals surface area contributed by atoms with Crippen LogP contribution in [0.5, 0.6) is 0 Å². The summed E-state index contributed by atoms with van der Waals surface area (Å²) in [6.07, 6.45) is 3.81. The number of likely N-dealkylation sites (tertiary alicyclic amines) is 1. The molecule has 0 aliphatic carbocycles. The SMILES string of the molecule is CN1CCC(CN(C)CCc2ccc(N)cc2)CC1. The van der Waals surface area contributed by atoms with Crippen molar-refractivity contribution in [1.29, 1.82) is 0 Å². The molecule has 0 atom stereocenters. The number of anilines is 1. The van der Waals surface area contributed by atoms with E-state index in [0.29, 0.717) is 0 Å². The molecule has 2 N–H and O–H groups in total. The second kappa shape index (κ2) is 6.92. The third kappa shape index (κ3) is 4.84. The van der Waals surface area contributed by atoms with Crippen molar-refractivity contribution in [2.75, 3.05) is 46.0 Å². The Hall–Kier alpha value is -1.06. The van der Waals surface area contributed by atoms with Gasteiger partial charge >= 0.3 is 0 Å². The van der Waals surface area contributed by atoms with E-state index in [1.54, 1.807) is 0 Å². The first-order valence-corrected chi connectivity index (χ1v) is 7.35. The highest BCUT2D eigenvalue weighted by atomic mass is 15.1. The number of hydrogen-bond acceptors (Lipinski definition) is 3. The second-order valence-corrected chi connectivity index (χ2v) is 6.00. The van der Waals surface area contributed by atoms with Gasteiger partial charge in [-0.2, -0.15) is 0 Å². The van der Waals surface area contributed by atoms with Gasteiger partial charge in [0.05, 0.1) is 0 Å². The molecule has 1 aromatic carbocycles. The number of benzene rings is 1. The lowest BCUT2D eigenvalue weighted by molar-refractivity contribution is 0.177. The largest absolute Gasteiger partial charge is 0.399 e. The van der Waals surface area contributed by atoms with Crippen molar-refractivity contribution in [3.05, 3.63) is 29.8 Å². The fourth-order valence-corrected chi connectivity index (χ4v) is 2.78. The van der Waals surface area contributed by atoms with Crippen molar-refractivity contribution in [2.24, 2.45) is 5.92 Å². The molecule has 0 bridgehead atoms. The van der Waals surface area contributed by atoms with Crippen LogP contribution in [0.2, 0.25) is 0 Å². The average molecular weight is 261 g/mol. The maximum atomic E-state index is 5.70. The third-order valence-electron chi connectivity index (χ3n) is 4.17. The molecule has 1 heterocycles. The van der Waals surface area contributed by atoms with Gasteiger partial charge in [0.25, 0.3) is 0 Å². The normalized spacial score (nSPS) is 18.1. The van der Waals surface area contributed by atoms with Gasteiger partial charge in [-0.25, -0.2) is 0 Å². The molecule has 2 rings (SSSR count). The van der Waals surface area contributed by atoms with E-state index in [9.17, 15) is 0 Å². The standard InChI is InChI=1S/C16H27N3/c1-18-10-8-15(9-11-18)13-19(2)12-7-14-3-5-16(17)6-4-14/h3-6,15H,7-13,17H2,1-2H3. The minimum atomic E-state index is 0.850. The highest BCUT2D eigenvalue weighted by Gasteiger charge is 2.17. The van der Waals surface area contributed by atoms with E-state index in [4.69, 9.17) is 5.73 Å². The fraction of sp³-hybridized carbons (Fsp3) is 0.625. The Labute approximate surface area is 117 Å². The van der Waals surface area contributed by atoms with Gasteiger partial charge in [0, 0.05) is 18.8 Å². The maximum Gasteiger partial charge on any atom is 0.0314 e. The summed E-state index contributed by atoms with van der Waals surface area (Å²) in [5, 5.41) is 0. The van der Waals surface area contributed by atoms with Crippen molar-refractivity contribution in [3.63, 3.8) is 0 Å². The van der Waals surface area contributed by atoms with Gasteiger partial charge < -0.3 is 15.5 Å². The highest BCUT2D eigenvalue weighted by molar-refractivity contribution is 5.39. The lowest BCUT2D eigenvalue weighted by atomic mass is 9.96. The van der Waals surface area contributed by atoms with Crippen LogP contribution in [-0.4, -0.2) is 50.1 Å². The van der Waals surface area contributed by atoms with Crippen molar-refractivity contribution < 1.29 is 0 Å². The van der Waals surface area contributed by atoms with Crippen LogP contribution in [0, 0.1) is 5.92 Å². The van der Waals surface area contributed by atoms with E-state index in [1.807, 2.05) is 12.1 Å². The van der Waals surface area contributed by atoms with Gasteiger partial charge in [-0.15, -0.1) is 0 Å². The van der Waals surface area contributed by atoms with E-state index in [2.05, 4.69) is 36.0 Å². The van der Waals surface area contributed by atoms with Crippen molar-refractivity contribution in [1.82, 2.24) is 9.80 Å². The molecule has 0 amide bonds. The Bertz CT molecular complexity index is 366. The second-order valence-electron chi connectivity index (χ2n) is 6.00. The molecule has 1 saturated heterocycles. The number of nitrogens with two attached hydrogens (primary N) is 1. The topological polar surface area (TPSA) is 32.5 Å². The molecular weight excluding hydrogens is 234 g/mol. The van der Waals surface area contributed by atoms with Gasteiger partial charge in [0.1, 0.15) is 0 Å². The average Bonchev–Trinajstić information content (AvgIpc) is 2.41. The number of rotatable bonds is 5. The number of likely N-dealkylation sites (N-methyl/N-ethyl adjacent to an activating group) is 1. The minimum Gasteiger partial charge on any atom is -0.399 e. The number of nitrogens with zero attached hydrogens (tertiary/aromatic N) is 2. The van der Waals surface area contributed by atoms with E-state index in [0.717, 1.165) is 24.6 Å². The van der Waals surface area contributed by atoms with Crippen LogP contribution in [0.3, 0.4) is 0 Å². The Morgan fingerprint density at radius 2 is 1.84 bits per heavy atom. The first kappa shape index (κ1) is 14.4. The van der Waals surface area contributed by atoms with Crippen molar-refractivity contribution in [3.8, 4) is 0 Å². The Kier molecular flexibility index (Phi) is 5.23. The summed E-state index contributed by atoms with van der Waals surface area (Å²) in [6.45, 7) is 4.89. The molecule has 0 spiro atoms. The van der Waals surface area contributed by atoms with E-state index in [1.165, 1.54) is 38.0 Å². The molecule has 1 fully saturated rings. The number of piperidine rings is 1. The molecule has 19 heavy (non-hydrogen) atoms. The van der Waals surface area contributed by atoms with Crippen LogP contribution in [0.4, 0.5) is 5.69 Å². The lowest BCUT2D eigenvalue weighted by Crippen LogP contribution is -2.36. The zero-order valence-electron chi connectivity index (χ0n) is 12.3. The zero-order chi connectivity index (χ0) is 13.7. The molecule has 0 aromatic heterocycles. The van der Waals surface area contributed by atoms with E-state index in [-0.39, 0.29) is 0 Å². The predicted octanol–water partition coefficient (Wildman–Crippen LogP) is 2.08. The molecule has 3 nitrogen and oxygen atoms in total. The van der Waals surface area contributed by atoms with Crippen LogP contribution in [0.25, 0.3) is 0 Å². The molecular formula is C16H27N3. The molecule has 1 aliphatic heterocycles. The van der Waals surface area contributed by atoms with E-state index < -0.39 is 0 Å². The van der Waals surface area contributed by atoms with Crippen LogP contribution in [-0.2, 0) is 6.42 Å². The van der Waals surface area contributed by atoms with Crippen LogP contribution >= 0.6 is 0 Å². The summed E-state index contributed by atoms with van der Waals surface area (Å²) in [5.74, 6) is 0.882.